The molecule has 0 fully saturated rings. The zero-order valence-electron chi connectivity index (χ0n) is 10.7. The third-order valence-corrected chi connectivity index (χ3v) is 3.18. The summed E-state index contributed by atoms with van der Waals surface area (Å²) in [7, 11) is 0. The number of nitrogens with zero attached hydrogens (tertiary/aromatic N) is 1. The van der Waals surface area contributed by atoms with Gasteiger partial charge in [0.05, 0.1) is 0 Å². The van der Waals surface area contributed by atoms with Gasteiger partial charge in [-0.25, -0.2) is 0 Å². The van der Waals surface area contributed by atoms with E-state index in [2.05, 4.69) is 6.58 Å². The Morgan fingerprint density at radius 2 is 2.00 bits per heavy atom. The van der Waals surface area contributed by atoms with Crippen LogP contribution in [-0.4, -0.2) is 19.6 Å². The fraction of sp³-hybridized carbons (Fsp3) is 0.333. The maximum Gasteiger partial charge on any atom is 1.00 e. The van der Waals surface area contributed by atoms with Gasteiger partial charge >= 0.3 is 58.4 Å². The van der Waals surface area contributed by atoms with E-state index in [4.69, 9.17) is 0 Å². The summed E-state index contributed by atoms with van der Waals surface area (Å²) < 4.78 is 37.6. The quantitative estimate of drug-likeness (QED) is 0.723. The van der Waals surface area contributed by atoms with Gasteiger partial charge < -0.3 is 17.8 Å². The van der Waals surface area contributed by atoms with E-state index in [1.807, 2.05) is 31.2 Å². The van der Waals surface area contributed by atoms with Crippen molar-refractivity contribution in [3.63, 3.8) is 0 Å². The molecule has 1 aliphatic heterocycles. The molecule has 1 atom stereocenters. The maximum absolute atomic E-state index is 12.5. The minimum absolute atomic E-state index is 0. The van der Waals surface area contributed by atoms with Gasteiger partial charge in [-0.3, -0.25) is 0 Å². The second kappa shape index (κ2) is 6.14. The second-order valence-corrected chi connectivity index (χ2v) is 4.54. The average molecular weight is 279 g/mol. The van der Waals surface area contributed by atoms with Gasteiger partial charge in [-0.05, 0) is 25.0 Å². The molecule has 0 amide bonds. The van der Waals surface area contributed by atoms with Gasteiger partial charge in [0.2, 0.25) is 0 Å². The Morgan fingerprint density at radius 3 is 2.61 bits per heavy atom. The van der Waals surface area contributed by atoms with E-state index in [9.17, 15) is 12.9 Å². The minimum atomic E-state index is -4.94. The third-order valence-electron chi connectivity index (χ3n) is 3.18. The Bertz CT molecular complexity index is 447. The van der Waals surface area contributed by atoms with Crippen molar-refractivity contribution < 1.29 is 64.3 Å². The van der Waals surface area contributed by atoms with E-state index in [0.717, 1.165) is 17.7 Å². The predicted molar refractivity (Wildman–Crippen MR) is 65.2 cm³/mol. The third kappa shape index (κ3) is 3.42. The zero-order valence-corrected chi connectivity index (χ0v) is 13.8. The number of benzene rings is 1. The fourth-order valence-electron chi connectivity index (χ4n) is 2.19. The Balaban J connectivity index is 0.00000162. The number of fused-ring (bicyclic) bond motifs is 1. The molecule has 6 heteroatoms. The zero-order chi connectivity index (χ0) is 12.6. The average Bonchev–Trinajstić information content (AvgIpc) is 2.54. The van der Waals surface area contributed by atoms with Gasteiger partial charge in [0.25, 0.3) is 0 Å². The van der Waals surface area contributed by atoms with Crippen LogP contribution < -0.4 is 56.3 Å². The first kappa shape index (κ1) is 16.3. The van der Waals surface area contributed by atoms with Crippen molar-refractivity contribution in [3.05, 3.63) is 41.9 Å². The Labute approximate surface area is 148 Å². The number of rotatable bonds is 3. The smallest absolute Gasteiger partial charge is 0.445 e. The van der Waals surface area contributed by atoms with E-state index in [1.165, 1.54) is 0 Å². The molecule has 0 aliphatic carbocycles. The largest absolute Gasteiger partial charge is 1.00 e. The molecule has 18 heavy (non-hydrogen) atoms. The fourth-order valence-corrected chi connectivity index (χ4v) is 2.19. The van der Waals surface area contributed by atoms with Crippen LogP contribution in [0.25, 0.3) is 0 Å². The second-order valence-electron chi connectivity index (χ2n) is 4.54. The Morgan fingerprint density at radius 1 is 1.39 bits per heavy atom. The molecular weight excluding hydrogens is 265 g/mol. The van der Waals surface area contributed by atoms with Crippen LogP contribution in [-0.2, 0) is 6.42 Å². The van der Waals surface area contributed by atoms with E-state index in [-0.39, 0.29) is 64.0 Å². The summed E-state index contributed by atoms with van der Waals surface area (Å²) in [4.78, 5) is 1.78. The number of hydrogen-bond donors (Lipinski definition) is 0. The standard InChI is InChI=1S/C12H14BF3N.K/c1-9(13(14,15)16)8-17-10(2)7-11-5-3-4-6-12(11)17;/h3-6,10H,1,7-8H2,2H3;/q-1;+1. The summed E-state index contributed by atoms with van der Waals surface area (Å²) in [6.45, 7) is 0.0344. The number of para-hydroxylation sites is 1. The molecule has 1 aromatic carbocycles. The number of anilines is 1. The molecule has 1 aliphatic rings. The molecule has 0 saturated heterocycles. The summed E-state index contributed by atoms with van der Waals surface area (Å²) in [5, 5.41) is 0. The van der Waals surface area contributed by atoms with Crippen molar-refractivity contribution in [1.82, 2.24) is 0 Å². The Kier molecular flexibility index (Phi) is 5.56. The predicted octanol–water partition coefficient (Wildman–Crippen LogP) is 0.384. The van der Waals surface area contributed by atoms with Crippen LogP contribution in [0.2, 0.25) is 0 Å². The van der Waals surface area contributed by atoms with Gasteiger partial charge in [0.1, 0.15) is 0 Å². The van der Waals surface area contributed by atoms with Crippen molar-refractivity contribution in [1.29, 1.82) is 0 Å². The van der Waals surface area contributed by atoms with Crippen molar-refractivity contribution in [3.8, 4) is 0 Å². The van der Waals surface area contributed by atoms with E-state index >= 15 is 0 Å². The first-order valence-electron chi connectivity index (χ1n) is 5.61. The van der Waals surface area contributed by atoms with Crippen molar-refractivity contribution in [2.45, 2.75) is 19.4 Å². The summed E-state index contributed by atoms with van der Waals surface area (Å²) in [6, 6.07) is 7.70. The first-order valence-corrected chi connectivity index (χ1v) is 5.61. The molecule has 0 saturated carbocycles. The van der Waals surface area contributed by atoms with Crippen LogP contribution >= 0.6 is 0 Å². The van der Waals surface area contributed by atoms with E-state index in [0.29, 0.717) is 0 Å². The molecule has 1 aromatic rings. The normalized spacial score (nSPS) is 18.2. The van der Waals surface area contributed by atoms with Gasteiger partial charge in [-0.1, -0.05) is 18.2 Å². The molecule has 1 unspecified atom stereocenters. The van der Waals surface area contributed by atoms with Gasteiger partial charge in [-0.15, -0.1) is 12.1 Å². The summed E-state index contributed by atoms with van der Waals surface area (Å²) >= 11 is 0. The van der Waals surface area contributed by atoms with Crippen LogP contribution in [0.5, 0.6) is 0 Å². The molecule has 1 nitrogen and oxygen atoms in total. The molecule has 2 rings (SSSR count). The molecule has 0 bridgehead atoms. The topological polar surface area (TPSA) is 3.24 Å². The monoisotopic (exact) mass is 279 g/mol. The SMILES string of the molecule is C=C(CN1c2ccccc2CC1C)[B-](F)(F)F.[K+]. The summed E-state index contributed by atoms with van der Waals surface area (Å²) in [6.07, 6.45) is 0.800. The van der Waals surface area contributed by atoms with Crippen LogP contribution in [0.1, 0.15) is 12.5 Å². The van der Waals surface area contributed by atoms with Crippen molar-refractivity contribution in [2.75, 3.05) is 11.4 Å². The van der Waals surface area contributed by atoms with Crippen LogP contribution in [0.3, 0.4) is 0 Å². The van der Waals surface area contributed by atoms with Crippen molar-refractivity contribution in [2.24, 2.45) is 0 Å². The van der Waals surface area contributed by atoms with Crippen molar-refractivity contribution >= 4 is 12.7 Å². The van der Waals surface area contributed by atoms with E-state index < -0.39 is 12.4 Å². The number of hydrogen-bond acceptors (Lipinski definition) is 1. The van der Waals surface area contributed by atoms with Gasteiger partial charge in [0, 0.05) is 18.3 Å². The molecule has 0 spiro atoms. The van der Waals surface area contributed by atoms with Crippen LogP contribution in [0.15, 0.2) is 36.3 Å². The van der Waals surface area contributed by atoms with Crippen LogP contribution in [0, 0.1) is 0 Å². The Hall–Kier alpha value is 0.251. The molecule has 1 heterocycles. The summed E-state index contributed by atoms with van der Waals surface area (Å²) in [5.74, 6) is 0. The molecular formula is C12H14BF3KN. The maximum atomic E-state index is 12.5. The molecule has 0 N–H and O–H groups in total. The summed E-state index contributed by atoms with van der Waals surface area (Å²) in [5.41, 5.74) is 1.39. The first-order chi connectivity index (χ1) is 7.89. The molecule has 92 valence electrons. The minimum Gasteiger partial charge on any atom is -0.445 e. The molecule has 0 aromatic heterocycles. The van der Waals surface area contributed by atoms with E-state index in [1.54, 1.807) is 4.90 Å². The van der Waals surface area contributed by atoms with Gasteiger partial charge in [0.15, 0.2) is 0 Å². The van der Waals surface area contributed by atoms with Gasteiger partial charge in [-0.2, -0.15) is 0 Å². The number of halogens is 3. The molecule has 0 radical (unpaired) electrons. The van der Waals surface area contributed by atoms with Crippen LogP contribution in [0.4, 0.5) is 18.6 Å².